The van der Waals surface area contributed by atoms with Gasteiger partial charge in [0.25, 0.3) is 0 Å². The van der Waals surface area contributed by atoms with E-state index in [-0.39, 0.29) is 59.1 Å². The fourth-order valence-electron chi connectivity index (χ4n) is 2.00. The van der Waals surface area contributed by atoms with E-state index in [2.05, 4.69) is 0 Å². The Morgan fingerprint density at radius 3 is 1.68 bits per heavy atom. The number of aliphatic hydroxyl groups is 1. The summed E-state index contributed by atoms with van der Waals surface area (Å²) in [5.74, 6) is 0. The van der Waals surface area contributed by atoms with Crippen LogP contribution < -0.4 is 68.9 Å². The summed E-state index contributed by atoms with van der Waals surface area (Å²) >= 11 is 0. The molecule has 1 aliphatic carbocycles. The SMILES string of the molecule is CC(=C1CCCC1)C(O)(P(=O)([O-])O)P(=O)([O-])O.[Na+].[Na+]. The zero-order valence-electron chi connectivity index (χ0n) is 11.2. The van der Waals surface area contributed by atoms with Crippen molar-refractivity contribution in [1.82, 2.24) is 0 Å². The Bertz CT molecular complexity index is 408. The number of allylic oxidation sites excluding steroid dienone is 1. The average Bonchev–Trinajstić information content (AvgIpc) is 2.64. The summed E-state index contributed by atoms with van der Waals surface area (Å²) in [7, 11) is -11.4. The molecule has 2 atom stereocenters. The van der Waals surface area contributed by atoms with E-state index >= 15 is 0 Å². The minimum Gasteiger partial charge on any atom is -0.776 e. The van der Waals surface area contributed by atoms with Gasteiger partial charge in [0, 0.05) is 0 Å². The molecular formula is C8H14Na2O7P2. The molecule has 19 heavy (non-hydrogen) atoms. The zero-order valence-corrected chi connectivity index (χ0v) is 17.0. The molecule has 0 saturated heterocycles. The van der Waals surface area contributed by atoms with Crippen molar-refractivity contribution in [1.29, 1.82) is 0 Å². The molecule has 0 spiro atoms. The van der Waals surface area contributed by atoms with Gasteiger partial charge in [0.2, 0.25) is 5.08 Å². The van der Waals surface area contributed by atoms with Crippen LogP contribution in [0.25, 0.3) is 0 Å². The molecule has 1 fully saturated rings. The van der Waals surface area contributed by atoms with E-state index in [0.29, 0.717) is 18.4 Å². The van der Waals surface area contributed by atoms with Gasteiger partial charge < -0.3 is 33.8 Å². The van der Waals surface area contributed by atoms with Crippen LogP contribution in [0.2, 0.25) is 0 Å². The van der Waals surface area contributed by atoms with Crippen molar-refractivity contribution in [2.45, 2.75) is 37.7 Å². The normalized spacial score (nSPS) is 24.2. The van der Waals surface area contributed by atoms with Crippen LogP contribution in [0.1, 0.15) is 32.6 Å². The largest absolute Gasteiger partial charge is 1.00 e. The molecule has 0 amide bonds. The van der Waals surface area contributed by atoms with Crippen LogP contribution in [0.5, 0.6) is 0 Å². The number of rotatable bonds is 3. The second-order valence-electron chi connectivity index (χ2n) is 4.11. The number of hydrogen-bond donors (Lipinski definition) is 3. The molecule has 0 radical (unpaired) electrons. The van der Waals surface area contributed by atoms with Crippen molar-refractivity contribution in [2.24, 2.45) is 0 Å². The third-order valence-corrected chi connectivity index (χ3v) is 6.79. The van der Waals surface area contributed by atoms with Gasteiger partial charge in [0.1, 0.15) is 0 Å². The molecule has 0 aromatic carbocycles. The van der Waals surface area contributed by atoms with Gasteiger partial charge in [0.05, 0.1) is 0 Å². The molecule has 2 unspecified atom stereocenters. The molecule has 11 heteroatoms. The van der Waals surface area contributed by atoms with Crippen molar-refractivity contribution in [3.63, 3.8) is 0 Å². The molecule has 100 valence electrons. The second-order valence-corrected chi connectivity index (χ2v) is 7.84. The van der Waals surface area contributed by atoms with Crippen molar-refractivity contribution < 1.29 is 92.9 Å². The zero-order chi connectivity index (χ0) is 13.5. The molecule has 3 N–H and O–H groups in total. The van der Waals surface area contributed by atoms with Crippen molar-refractivity contribution in [3.8, 4) is 0 Å². The average molecular weight is 330 g/mol. The standard InChI is InChI=1S/C8H16O7P2.2Na/c1-6(7-4-2-3-5-7)8(9,16(10,11)12)17(13,14)15;;/h9H,2-5H2,1H3,(H2,10,11,12)(H2,13,14,15);;/q;2*+1/p-2. The molecule has 0 aromatic heterocycles. The molecule has 1 rings (SSSR count). The third-order valence-electron chi connectivity index (χ3n) is 3.03. The summed E-state index contributed by atoms with van der Waals surface area (Å²) < 4.78 is 22.1. The van der Waals surface area contributed by atoms with E-state index in [1.807, 2.05) is 0 Å². The van der Waals surface area contributed by atoms with Crippen LogP contribution in [0.3, 0.4) is 0 Å². The predicted molar refractivity (Wildman–Crippen MR) is 55.8 cm³/mol. The van der Waals surface area contributed by atoms with Crippen molar-refractivity contribution in [2.75, 3.05) is 0 Å². The molecular weight excluding hydrogens is 316 g/mol. The first kappa shape index (κ1) is 23.3. The van der Waals surface area contributed by atoms with Crippen LogP contribution in [0, 0.1) is 0 Å². The van der Waals surface area contributed by atoms with Gasteiger partial charge in [-0.1, -0.05) is 5.57 Å². The summed E-state index contributed by atoms with van der Waals surface area (Å²) in [5, 5.41) is 6.09. The van der Waals surface area contributed by atoms with E-state index < -0.39 is 25.8 Å². The van der Waals surface area contributed by atoms with Crippen molar-refractivity contribution >= 4 is 15.2 Å². The van der Waals surface area contributed by atoms with Crippen LogP contribution >= 0.6 is 15.2 Å². The van der Waals surface area contributed by atoms with Gasteiger partial charge in [-0.3, -0.25) is 0 Å². The maximum absolute atomic E-state index is 11.1. The fourth-order valence-corrected chi connectivity index (χ4v) is 4.44. The Kier molecular flexibility index (Phi) is 9.82. The topological polar surface area (TPSA) is 141 Å². The predicted octanol–water partition coefficient (Wildman–Crippen LogP) is -6.38. The summed E-state index contributed by atoms with van der Waals surface area (Å²) in [5.41, 5.74) is 0.0133. The van der Waals surface area contributed by atoms with Gasteiger partial charge in [-0.05, 0) is 38.2 Å². The van der Waals surface area contributed by atoms with E-state index in [9.17, 15) is 24.0 Å². The first-order valence-corrected chi connectivity index (χ1v) is 8.16. The number of hydrogen-bond acceptors (Lipinski definition) is 5. The second kappa shape index (κ2) is 8.02. The maximum Gasteiger partial charge on any atom is 1.00 e. The van der Waals surface area contributed by atoms with Gasteiger partial charge in [-0.2, -0.15) is 0 Å². The Hall–Kier alpha value is 2.00. The quantitative estimate of drug-likeness (QED) is 0.265. The molecule has 0 aliphatic heterocycles. The van der Waals surface area contributed by atoms with Crippen LogP contribution in [-0.2, 0) is 9.13 Å². The molecule has 1 aliphatic rings. The summed E-state index contributed by atoms with van der Waals surface area (Å²) in [6, 6.07) is 0. The molecule has 0 heterocycles. The fraction of sp³-hybridized carbons (Fsp3) is 0.750. The van der Waals surface area contributed by atoms with E-state index in [1.54, 1.807) is 0 Å². The van der Waals surface area contributed by atoms with Gasteiger partial charge in [0.15, 0.2) is 15.2 Å². The Morgan fingerprint density at radius 2 is 1.42 bits per heavy atom. The van der Waals surface area contributed by atoms with Gasteiger partial charge in [-0.25, -0.2) is 0 Å². The van der Waals surface area contributed by atoms with Gasteiger partial charge in [-0.15, -0.1) is 0 Å². The Morgan fingerprint density at radius 1 is 1.11 bits per heavy atom. The molecule has 0 aromatic rings. The summed E-state index contributed by atoms with van der Waals surface area (Å²) in [4.78, 5) is 39.9. The smallest absolute Gasteiger partial charge is 0.776 e. The molecule has 7 nitrogen and oxygen atoms in total. The third kappa shape index (κ3) is 4.73. The summed E-state index contributed by atoms with van der Waals surface area (Å²) in [6.45, 7) is 1.09. The van der Waals surface area contributed by atoms with E-state index in [0.717, 1.165) is 19.8 Å². The Balaban J connectivity index is 0. The summed E-state index contributed by atoms with van der Waals surface area (Å²) in [6.07, 6.45) is 2.36. The monoisotopic (exact) mass is 330 g/mol. The van der Waals surface area contributed by atoms with Crippen LogP contribution in [-0.4, -0.2) is 20.0 Å². The minimum absolute atomic E-state index is 0. The van der Waals surface area contributed by atoms with Gasteiger partial charge >= 0.3 is 59.1 Å². The van der Waals surface area contributed by atoms with Crippen LogP contribution in [0.4, 0.5) is 0 Å². The van der Waals surface area contributed by atoms with E-state index in [4.69, 9.17) is 9.79 Å². The van der Waals surface area contributed by atoms with E-state index in [1.165, 1.54) is 0 Å². The maximum atomic E-state index is 11.1. The Labute approximate surface area is 155 Å². The molecule has 0 bridgehead atoms. The first-order valence-electron chi connectivity index (χ1n) is 5.01. The first-order chi connectivity index (χ1) is 7.52. The van der Waals surface area contributed by atoms with Crippen LogP contribution in [0.15, 0.2) is 11.1 Å². The minimum atomic E-state index is -5.70. The van der Waals surface area contributed by atoms with Crippen molar-refractivity contribution in [3.05, 3.63) is 11.1 Å². The molecule has 1 saturated carbocycles.